The maximum absolute atomic E-state index is 14.6. The summed E-state index contributed by atoms with van der Waals surface area (Å²) in [7, 11) is 0. The quantitative estimate of drug-likeness (QED) is 0.419. The van der Waals surface area contributed by atoms with Gasteiger partial charge in [-0.2, -0.15) is 0 Å². The van der Waals surface area contributed by atoms with E-state index in [1.807, 2.05) is 30.5 Å². The number of fused-ring (bicyclic) bond motifs is 1. The van der Waals surface area contributed by atoms with Crippen LogP contribution < -0.4 is 9.64 Å². The van der Waals surface area contributed by atoms with E-state index in [9.17, 15) is 9.18 Å². The number of anilines is 1. The molecule has 0 N–H and O–H groups in total. The minimum atomic E-state index is -0.325. The molecule has 1 aromatic heterocycles. The molecule has 0 saturated carbocycles. The number of pyridine rings is 1. The van der Waals surface area contributed by atoms with E-state index in [1.54, 1.807) is 19.2 Å². The van der Waals surface area contributed by atoms with E-state index in [0.29, 0.717) is 18.6 Å². The van der Waals surface area contributed by atoms with E-state index in [4.69, 9.17) is 9.47 Å². The Morgan fingerprint density at radius 1 is 1.15 bits per heavy atom. The first-order chi connectivity index (χ1) is 16.1. The Balaban J connectivity index is 1.45. The number of esters is 1. The van der Waals surface area contributed by atoms with Crippen molar-refractivity contribution >= 4 is 11.7 Å². The number of ether oxygens (including phenoxy) is 2. The summed E-state index contributed by atoms with van der Waals surface area (Å²) in [6, 6.07) is 15.2. The second-order valence-corrected chi connectivity index (χ2v) is 8.17. The average Bonchev–Trinajstić information content (AvgIpc) is 2.83. The number of aromatic nitrogens is 1. The largest absolute Gasteiger partial charge is 0.487 e. The number of nitrogens with zero attached hydrogens (tertiary/aromatic N) is 2. The van der Waals surface area contributed by atoms with Gasteiger partial charge in [0.15, 0.2) is 0 Å². The van der Waals surface area contributed by atoms with E-state index in [0.717, 1.165) is 48.5 Å². The second kappa shape index (κ2) is 10.9. The number of hydrogen-bond donors (Lipinski definition) is 0. The van der Waals surface area contributed by atoms with Crippen LogP contribution in [0.25, 0.3) is 0 Å². The lowest BCUT2D eigenvalue weighted by molar-refractivity contribution is -0.143. The van der Waals surface area contributed by atoms with Crippen LogP contribution in [-0.2, 0) is 35.5 Å². The zero-order valence-corrected chi connectivity index (χ0v) is 18.9. The summed E-state index contributed by atoms with van der Waals surface area (Å²) in [5.74, 6) is 0.172. The predicted octanol–water partition coefficient (Wildman–Crippen LogP) is 5.25. The van der Waals surface area contributed by atoms with Crippen molar-refractivity contribution < 1.29 is 18.7 Å². The number of hydrogen-bond acceptors (Lipinski definition) is 5. The van der Waals surface area contributed by atoms with Crippen molar-refractivity contribution in [2.45, 2.75) is 45.8 Å². The lowest BCUT2D eigenvalue weighted by atomic mass is 10.0. The Labute approximate surface area is 194 Å². The zero-order valence-electron chi connectivity index (χ0n) is 18.9. The second-order valence-electron chi connectivity index (χ2n) is 8.17. The Kier molecular flexibility index (Phi) is 7.55. The highest BCUT2D eigenvalue weighted by Gasteiger charge is 2.21. The third-order valence-electron chi connectivity index (χ3n) is 5.78. The van der Waals surface area contributed by atoms with Crippen LogP contribution >= 0.6 is 0 Å². The van der Waals surface area contributed by atoms with Gasteiger partial charge in [0.05, 0.1) is 12.3 Å². The third-order valence-corrected chi connectivity index (χ3v) is 5.78. The molecular weight excluding hydrogens is 419 g/mol. The molecular formula is C27H29FN2O3. The molecule has 1 aliphatic heterocycles. The van der Waals surface area contributed by atoms with Crippen LogP contribution in [0.4, 0.5) is 10.1 Å². The third kappa shape index (κ3) is 5.89. The molecule has 0 saturated heterocycles. The maximum atomic E-state index is 14.6. The van der Waals surface area contributed by atoms with Crippen LogP contribution in [0.3, 0.4) is 0 Å². The molecule has 5 nitrogen and oxygen atoms in total. The molecule has 2 aromatic carbocycles. The molecule has 3 aromatic rings. The summed E-state index contributed by atoms with van der Waals surface area (Å²) in [4.78, 5) is 18.1. The summed E-state index contributed by atoms with van der Waals surface area (Å²) in [5.41, 5.74) is 4.79. The fourth-order valence-electron chi connectivity index (χ4n) is 4.20. The molecule has 0 fully saturated rings. The van der Waals surface area contributed by atoms with Crippen LogP contribution in [0, 0.1) is 5.82 Å². The fourth-order valence-corrected chi connectivity index (χ4v) is 4.20. The highest BCUT2D eigenvalue weighted by atomic mass is 19.1. The predicted molar refractivity (Wildman–Crippen MR) is 126 cm³/mol. The highest BCUT2D eigenvalue weighted by Crippen LogP contribution is 2.37. The number of benzene rings is 2. The fraction of sp³-hybridized carbons (Fsp3) is 0.333. The van der Waals surface area contributed by atoms with E-state index in [-0.39, 0.29) is 24.8 Å². The summed E-state index contributed by atoms with van der Waals surface area (Å²) in [6.45, 7) is 4.08. The lowest BCUT2D eigenvalue weighted by Gasteiger charge is -2.33. The molecule has 33 heavy (non-hydrogen) atoms. The number of carbonyl (C=O) groups is 1. The Bertz CT molecular complexity index is 1090. The van der Waals surface area contributed by atoms with Crippen molar-refractivity contribution in [1.82, 2.24) is 4.98 Å². The SMILES string of the molecule is CCOC(=O)CCc1ccc(COc2cccc3c2N(Cc2cccnc2)CCC3)cc1F. The van der Waals surface area contributed by atoms with Gasteiger partial charge >= 0.3 is 5.97 Å². The van der Waals surface area contributed by atoms with Gasteiger partial charge < -0.3 is 14.4 Å². The first-order valence-electron chi connectivity index (χ1n) is 11.5. The van der Waals surface area contributed by atoms with Crippen molar-refractivity contribution in [3.8, 4) is 5.75 Å². The minimum absolute atomic E-state index is 0.170. The van der Waals surface area contributed by atoms with Crippen LogP contribution in [-0.4, -0.2) is 24.1 Å². The van der Waals surface area contributed by atoms with E-state index in [2.05, 4.69) is 22.0 Å². The van der Waals surface area contributed by atoms with Crippen molar-refractivity contribution in [3.05, 3.63) is 89.0 Å². The number of para-hydroxylation sites is 1. The first kappa shape index (κ1) is 22.8. The maximum Gasteiger partial charge on any atom is 0.306 e. The summed E-state index contributed by atoms with van der Waals surface area (Å²) in [6.07, 6.45) is 6.27. The standard InChI is InChI=1S/C27H29FN2O3/c1-2-32-26(31)13-12-22-11-10-20(16-24(22)28)19-33-25-9-3-7-23-8-5-15-30(27(23)25)18-21-6-4-14-29-17-21/h3-4,6-7,9-11,14,16-17H,2,5,8,12-13,15,18-19H2,1H3. The summed E-state index contributed by atoms with van der Waals surface area (Å²) in [5, 5.41) is 0. The van der Waals surface area contributed by atoms with Crippen molar-refractivity contribution in [2.24, 2.45) is 0 Å². The molecule has 0 unspecified atom stereocenters. The molecule has 172 valence electrons. The van der Waals surface area contributed by atoms with Gasteiger partial charge in [-0.3, -0.25) is 9.78 Å². The van der Waals surface area contributed by atoms with Crippen LogP contribution in [0.1, 0.15) is 42.0 Å². The van der Waals surface area contributed by atoms with Crippen LogP contribution in [0.15, 0.2) is 60.9 Å². The molecule has 0 atom stereocenters. The molecule has 1 aliphatic rings. The molecule has 0 spiro atoms. The van der Waals surface area contributed by atoms with Gasteiger partial charge in [0.25, 0.3) is 0 Å². The lowest BCUT2D eigenvalue weighted by Crippen LogP contribution is -2.29. The zero-order chi connectivity index (χ0) is 23.0. The smallest absolute Gasteiger partial charge is 0.306 e. The summed E-state index contributed by atoms with van der Waals surface area (Å²) >= 11 is 0. The Morgan fingerprint density at radius 3 is 2.85 bits per heavy atom. The Morgan fingerprint density at radius 2 is 2.06 bits per heavy atom. The number of aryl methyl sites for hydroxylation is 2. The van der Waals surface area contributed by atoms with Gasteiger partial charge in [0, 0.05) is 31.9 Å². The van der Waals surface area contributed by atoms with Gasteiger partial charge in [0.1, 0.15) is 18.2 Å². The van der Waals surface area contributed by atoms with Crippen LogP contribution in [0.2, 0.25) is 0 Å². The number of halogens is 1. The molecule has 2 heterocycles. The highest BCUT2D eigenvalue weighted by molar-refractivity contribution is 5.69. The average molecular weight is 449 g/mol. The van der Waals surface area contributed by atoms with Gasteiger partial charge in [-0.1, -0.05) is 30.3 Å². The van der Waals surface area contributed by atoms with Gasteiger partial charge in [-0.05, 0) is 66.6 Å². The van der Waals surface area contributed by atoms with Gasteiger partial charge in [0.2, 0.25) is 0 Å². The van der Waals surface area contributed by atoms with Crippen molar-refractivity contribution in [3.63, 3.8) is 0 Å². The number of carbonyl (C=O) groups excluding carboxylic acids is 1. The van der Waals surface area contributed by atoms with Crippen molar-refractivity contribution in [2.75, 3.05) is 18.1 Å². The molecule has 6 heteroatoms. The van der Waals surface area contributed by atoms with Crippen LogP contribution in [0.5, 0.6) is 5.75 Å². The monoisotopic (exact) mass is 448 g/mol. The number of rotatable bonds is 9. The molecule has 4 rings (SSSR count). The first-order valence-corrected chi connectivity index (χ1v) is 11.5. The molecule has 0 amide bonds. The molecule has 0 radical (unpaired) electrons. The van der Waals surface area contributed by atoms with E-state index in [1.165, 1.54) is 11.6 Å². The minimum Gasteiger partial charge on any atom is -0.487 e. The van der Waals surface area contributed by atoms with E-state index >= 15 is 0 Å². The Hall–Kier alpha value is -3.41. The normalized spacial score (nSPS) is 12.8. The molecule has 0 aliphatic carbocycles. The van der Waals surface area contributed by atoms with Gasteiger partial charge in [-0.15, -0.1) is 0 Å². The summed E-state index contributed by atoms with van der Waals surface area (Å²) < 4.78 is 25.7. The topological polar surface area (TPSA) is 51.7 Å². The van der Waals surface area contributed by atoms with E-state index < -0.39 is 0 Å². The van der Waals surface area contributed by atoms with Crippen molar-refractivity contribution in [1.29, 1.82) is 0 Å². The van der Waals surface area contributed by atoms with Gasteiger partial charge in [-0.25, -0.2) is 4.39 Å². The molecule has 0 bridgehead atoms.